The van der Waals surface area contributed by atoms with Crippen LogP contribution in [0.4, 0.5) is 14.5 Å². The highest BCUT2D eigenvalue weighted by atomic mass is 32.2. The Morgan fingerprint density at radius 2 is 1.86 bits per heavy atom. The van der Waals surface area contributed by atoms with Crippen LogP contribution in [0.15, 0.2) is 64.2 Å². The molecule has 3 rings (SSSR count). The van der Waals surface area contributed by atoms with E-state index in [1.54, 1.807) is 12.1 Å². The Bertz CT molecular complexity index is 937. The van der Waals surface area contributed by atoms with Crippen LogP contribution in [0, 0.1) is 0 Å². The van der Waals surface area contributed by atoms with Gasteiger partial charge in [-0.05, 0) is 23.6 Å². The lowest BCUT2D eigenvalue weighted by molar-refractivity contribution is -0.113. The van der Waals surface area contributed by atoms with Crippen LogP contribution in [0.5, 0.6) is 5.75 Å². The number of nitrogens with one attached hydrogen (secondary N) is 1. The average Bonchev–Trinajstić information content (AvgIpc) is 3.15. The molecular formula is C20H19F2N3O3S. The fourth-order valence-electron chi connectivity index (χ4n) is 2.62. The molecule has 0 bridgehead atoms. The number of carbonyl (C=O) groups is 1. The first-order valence-electron chi connectivity index (χ1n) is 8.85. The number of anilines is 1. The third kappa shape index (κ3) is 6.28. The molecule has 0 fully saturated rings. The van der Waals surface area contributed by atoms with Gasteiger partial charge in [0.05, 0.1) is 11.4 Å². The predicted octanol–water partition coefficient (Wildman–Crippen LogP) is 4.75. The van der Waals surface area contributed by atoms with Gasteiger partial charge in [0.25, 0.3) is 5.22 Å². The van der Waals surface area contributed by atoms with Crippen LogP contribution in [0.2, 0.25) is 0 Å². The van der Waals surface area contributed by atoms with E-state index in [2.05, 4.69) is 27.2 Å². The third-order valence-electron chi connectivity index (χ3n) is 4.00. The van der Waals surface area contributed by atoms with E-state index < -0.39 is 12.5 Å². The van der Waals surface area contributed by atoms with Crippen molar-refractivity contribution in [3.63, 3.8) is 0 Å². The second kappa shape index (κ2) is 10.0. The summed E-state index contributed by atoms with van der Waals surface area (Å²) in [6.45, 7) is -0.906. The standard InChI is InChI=1S/C20H19F2N3O3S/c1-13(14-7-3-2-4-8-14)11-18-24-25-20(28-18)29-12-17(26)23-15-9-5-6-10-16(15)27-19(21)22/h2-10,13,19H,11-12H2,1H3,(H,23,26). The number of thioether (sulfide) groups is 1. The van der Waals surface area contributed by atoms with E-state index in [4.69, 9.17) is 4.42 Å². The van der Waals surface area contributed by atoms with E-state index in [9.17, 15) is 13.6 Å². The van der Waals surface area contributed by atoms with Gasteiger partial charge >= 0.3 is 6.61 Å². The first kappa shape index (κ1) is 20.8. The van der Waals surface area contributed by atoms with Crippen molar-refractivity contribution >= 4 is 23.4 Å². The molecule has 2 aromatic carbocycles. The Morgan fingerprint density at radius 3 is 2.62 bits per heavy atom. The Kier molecular flexibility index (Phi) is 7.18. The number of carbonyl (C=O) groups excluding carboxylic acids is 1. The van der Waals surface area contributed by atoms with Crippen LogP contribution in [0.3, 0.4) is 0 Å². The van der Waals surface area contributed by atoms with Gasteiger partial charge in [-0.25, -0.2) is 0 Å². The van der Waals surface area contributed by atoms with E-state index in [0.29, 0.717) is 12.3 Å². The Balaban J connectivity index is 1.51. The SMILES string of the molecule is CC(Cc1nnc(SCC(=O)Nc2ccccc2OC(F)F)o1)c1ccccc1. The molecule has 1 atom stereocenters. The fraction of sp³-hybridized carbons (Fsp3) is 0.250. The van der Waals surface area contributed by atoms with Crippen LogP contribution in [0.1, 0.15) is 24.3 Å². The summed E-state index contributed by atoms with van der Waals surface area (Å²) in [6, 6.07) is 16.0. The first-order valence-corrected chi connectivity index (χ1v) is 9.83. The summed E-state index contributed by atoms with van der Waals surface area (Å²) >= 11 is 1.07. The quantitative estimate of drug-likeness (QED) is 0.505. The van der Waals surface area contributed by atoms with Gasteiger partial charge in [0.2, 0.25) is 11.8 Å². The number of benzene rings is 2. The van der Waals surface area contributed by atoms with Crippen molar-refractivity contribution in [3.8, 4) is 5.75 Å². The molecule has 1 aromatic heterocycles. The molecule has 1 amide bonds. The maximum atomic E-state index is 12.4. The monoisotopic (exact) mass is 419 g/mol. The van der Waals surface area contributed by atoms with Crippen molar-refractivity contribution in [2.24, 2.45) is 0 Å². The van der Waals surface area contributed by atoms with E-state index in [0.717, 1.165) is 11.8 Å². The molecular weight excluding hydrogens is 400 g/mol. The molecule has 3 aromatic rings. The molecule has 1 heterocycles. The Morgan fingerprint density at radius 1 is 1.14 bits per heavy atom. The summed E-state index contributed by atoms with van der Waals surface area (Å²) in [5.41, 5.74) is 1.34. The molecule has 6 nitrogen and oxygen atoms in total. The first-order chi connectivity index (χ1) is 14.0. The van der Waals surface area contributed by atoms with Crippen molar-refractivity contribution in [2.45, 2.75) is 31.1 Å². The average molecular weight is 419 g/mol. The van der Waals surface area contributed by atoms with Crippen molar-refractivity contribution in [3.05, 3.63) is 66.1 Å². The number of amides is 1. The van der Waals surface area contributed by atoms with Gasteiger partial charge in [-0.1, -0.05) is 61.2 Å². The summed E-state index contributed by atoms with van der Waals surface area (Å²) in [6.07, 6.45) is 0.585. The van der Waals surface area contributed by atoms with E-state index in [1.807, 2.05) is 30.3 Å². The molecule has 0 aliphatic carbocycles. The number of hydrogen-bond acceptors (Lipinski definition) is 6. The van der Waals surface area contributed by atoms with Gasteiger partial charge in [-0.3, -0.25) is 4.79 Å². The van der Waals surface area contributed by atoms with Crippen LogP contribution in [0.25, 0.3) is 0 Å². The zero-order valence-electron chi connectivity index (χ0n) is 15.5. The van der Waals surface area contributed by atoms with E-state index in [-0.39, 0.29) is 28.3 Å². The molecule has 0 saturated heterocycles. The van der Waals surface area contributed by atoms with Crippen molar-refractivity contribution < 1.29 is 22.7 Å². The summed E-state index contributed by atoms with van der Waals surface area (Å²) in [7, 11) is 0. The molecule has 0 aliphatic rings. The summed E-state index contributed by atoms with van der Waals surface area (Å²) in [4.78, 5) is 12.1. The van der Waals surface area contributed by atoms with Gasteiger partial charge in [0.15, 0.2) is 0 Å². The van der Waals surface area contributed by atoms with E-state index in [1.165, 1.54) is 17.7 Å². The topological polar surface area (TPSA) is 77.2 Å². The minimum Gasteiger partial charge on any atom is -0.433 e. The summed E-state index contributed by atoms with van der Waals surface area (Å²) in [5, 5.41) is 10.8. The zero-order valence-corrected chi connectivity index (χ0v) is 16.4. The van der Waals surface area contributed by atoms with Gasteiger partial charge in [0.1, 0.15) is 5.75 Å². The van der Waals surface area contributed by atoms with Gasteiger partial charge in [-0.15, -0.1) is 10.2 Å². The van der Waals surface area contributed by atoms with E-state index >= 15 is 0 Å². The molecule has 0 radical (unpaired) electrons. The molecule has 0 aliphatic heterocycles. The van der Waals surface area contributed by atoms with Gasteiger partial charge < -0.3 is 14.5 Å². The number of nitrogens with zero attached hydrogens (tertiary/aromatic N) is 2. The number of ether oxygens (including phenoxy) is 1. The van der Waals surface area contributed by atoms with Crippen LogP contribution in [-0.2, 0) is 11.2 Å². The van der Waals surface area contributed by atoms with Crippen molar-refractivity contribution in [2.75, 3.05) is 11.1 Å². The van der Waals surface area contributed by atoms with Gasteiger partial charge in [-0.2, -0.15) is 8.78 Å². The van der Waals surface area contributed by atoms with Crippen molar-refractivity contribution in [1.29, 1.82) is 0 Å². The number of halogens is 2. The normalized spacial score (nSPS) is 12.0. The molecule has 152 valence electrons. The largest absolute Gasteiger partial charge is 0.433 e. The smallest absolute Gasteiger partial charge is 0.387 e. The highest BCUT2D eigenvalue weighted by Gasteiger charge is 2.15. The number of rotatable bonds is 9. The summed E-state index contributed by atoms with van der Waals surface area (Å²) < 4.78 is 34.9. The van der Waals surface area contributed by atoms with Crippen molar-refractivity contribution in [1.82, 2.24) is 10.2 Å². The molecule has 1 N–H and O–H groups in total. The number of alkyl halides is 2. The predicted molar refractivity (Wildman–Crippen MR) is 105 cm³/mol. The third-order valence-corrected chi connectivity index (χ3v) is 4.82. The van der Waals surface area contributed by atoms with Crippen LogP contribution < -0.4 is 10.1 Å². The number of aromatic nitrogens is 2. The molecule has 1 unspecified atom stereocenters. The maximum absolute atomic E-state index is 12.4. The molecule has 0 spiro atoms. The number of para-hydroxylation sites is 2. The van der Waals surface area contributed by atoms with Crippen LogP contribution in [-0.4, -0.2) is 28.5 Å². The maximum Gasteiger partial charge on any atom is 0.387 e. The lowest BCUT2D eigenvalue weighted by Gasteiger charge is -2.11. The summed E-state index contributed by atoms with van der Waals surface area (Å²) in [5.74, 6) is 0.177. The second-order valence-electron chi connectivity index (χ2n) is 6.19. The Hall–Kier alpha value is -2.94. The van der Waals surface area contributed by atoms with Crippen LogP contribution >= 0.6 is 11.8 Å². The molecule has 9 heteroatoms. The minimum absolute atomic E-state index is 0.0150. The minimum atomic E-state index is -2.97. The molecule has 29 heavy (non-hydrogen) atoms. The highest BCUT2D eigenvalue weighted by Crippen LogP contribution is 2.26. The zero-order chi connectivity index (χ0) is 20.6. The van der Waals surface area contributed by atoms with Gasteiger partial charge in [0, 0.05) is 6.42 Å². The highest BCUT2D eigenvalue weighted by molar-refractivity contribution is 7.99. The fourth-order valence-corrected chi connectivity index (χ4v) is 3.20. The second-order valence-corrected chi connectivity index (χ2v) is 7.12. The Labute approximate surface area is 170 Å². The molecule has 0 saturated carbocycles. The number of hydrogen-bond donors (Lipinski definition) is 1. The lowest BCUT2D eigenvalue weighted by atomic mass is 9.98. The lowest BCUT2D eigenvalue weighted by Crippen LogP contribution is -2.15.